The molecule has 0 unspecified atom stereocenters. The normalized spacial score (nSPS) is 18.3. The Morgan fingerprint density at radius 3 is 3.00 bits per heavy atom. The predicted molar refractivity (Wildman–Crippen MR) is 58.8 cm³/mol. The molecule has 0 aliphatic heterocycles. The molecule has 1 aliphatic rings. The van der Waals surface area contributed by atoms with E-state index in [2.05, 4.69) is 15.0 Å². The SMILES string of the molecule is NC1(Cc2c[nH]c3ncnc(Cl)c23)CC1. The summed E-state index contributed by atoms with van der Waals surface area (Å²) >= 11 is 6.04. The van der Waals surface area contributed by atoms with E-state index in [9.17, 15) is 0 Å². The molecule has 15 heavy (non-hydrogen) atoms. The number of fused-ring (bicyclic) bond motifs is 1. The van der Waals surface area contributed by atoms with Crippen LogP contribution in [0.5, 0.6) is 0 Å². The molecule has 0 saturated heterocycles. The average Bonchev–Trinajstić information content (AvgIpc) is 2.76. The van der Waals surface area contributed by atoms with E-state index in [-0.39, 0.29) is 5.54 Å². The lowest BCUT2D eigenvalue weighted by atomic mass is 10.1. The van der Waals surface area contributed by atoms with Gasteiger partial charge in [0.25, 0.3) is 0 Å². The zero-order chi connectivity index (χ0) is 10.5. The van der Waals surface area contributed by atoms with Crippen LogP contribution < -0.4 is 5.73 Å². The monoisotopic (exact) mass is 222 g/mol. The first kappa shape index (κ1) is 9.12. The number of nitrogens with zero attached hydrogens (tertiary/aromatic N) is 2. The maximum absolute atomic E-state index is 6.08. The van der Waals surface area contributed by atoms with Crippen LogP contribution in [-0.2, 0) is 6.42 Å². The smallest absolute Gasteiger partial charge is 0.142 e. The third kappa shape index (κ3) is 1.50. The van der Waals surface area contributed by atoms with Crippen LogP contribution in [-0.4, -0.2) is 20.5 Å². The molecule has 1 aliphatic carbocycles. The number of aromatic nitrogens is 3. The van der Waals surface area contributed by atoms with Crippen LogP contribution in [0.1, 0.15) is 18.4 Å². The topological polar surface area (TPSA) is 67.6 Å². The number of hydrogen-bond donors (Lipinski definition) is 2. The van der Waals surface area contributed by atoms with Gasteiger partial charge in [-0.25, -0.2) is 9.97 Å². The van der Waals surface area contributed by atoms with Crippen LogP contribution >= 0.6 is 11.6 Å². The summed E-state index contributed by atoms with van der Waals surface area (Å²) in [5.41, 5.74) is 7.97. The van der Waals surface area contributed by atoms with Gasteiger partial charge >= 0.3 is 0 Å². The van der Waals surface area contributed by atoms with Crippen molar-refractivity contribution in [2.24, 2.45) is 5.73 Å². The largest absolute Gasteiger partial charge is 0.346 e. The Balaban J connectivity index is 2.10. The Bertz CT molecular complexity index is 515. The Hall–Kier alpha value is -1.13. The van der Waals surface area contributed by atoms with E-state index in [1.807, 2.05) is 6.20 Å². The number of hydrogen-bond acceptors (Lipinski definition) is 3. The van der Waals surface area contributed by atoms with Crippen LogP contribution in [0.3, 0.4) is 0 Å². The fraction of sp³-hybridized carbons (Fsp3) is 0.400. The minimum absolute atomic E-state index is 0.0195. The Labute approximate surface area is 91.9 Å². The number of aromatic amines is 1. The van der Waals surface area contributed by atoms with Crippen LogP contribution in [0.4, 0.5) is 0 Å². The van der Waals surface area contributed by atoms with Crippen LogP contribution in [0.2, 0.25) is 5.15 Å². The van der Waals surface area contributed by atoms with Crippen molar-refractivity contribution in [1.82, 2.24) is 15.0 Å². The summed E-state index contributed by atoms with van der Waals surface area (Å²) in [6, 6.07) is 0. The maximum atomic E-state index is 6.08. The standard InChI is InChI=1S/C10H11ClN4/c11-8-7-6(3-10(12)1-2-10)4-13-9(7)15-5-14-8/h4-5H,1-3,12H2,(H,13,14,15). The Kier molecular flexibility index (Phi) is 1.78. The summed E-state index contributed by atoms with van der Waals surface area (Å²) in [6.07, 6.45) is 6.41. The summed E-state index contributed by atoms with van der Waals surface area (Å²) in [6.45, 7) is 0. The predicted octanol–water partition coefficient (Wildman–Crippen LogP) is 1.65. The van der Waals surface area contributed by atoms with Crippen molar-refractivity contribution in [2.75, 3.05) is 0 Å². The van der Waals surface area contributed by atoms with Gasteiger partial charge in [0, 0.05) is 11.7 Å². The van der Waals surface area contributed by atoms with E-state index >= 15 is 0 Å². The van der Waals surface area contributed by atoms with Gasteiger partial charge in [-0.2, -0.15) is 0 Å². The highest BCUT2D eigenvalue weighted by Gasteiger charge is 2.38. The lowest BCUT2D eigenvalue weighted by molar-refractivity contribution is 0.675. The van der Waals surface area contributed by atoms with Gasteiger partial charge in [-0.1, -0.05) is 11.6 Å². The molecular formula is C10H11ClN4. The molecule has 3 N–H and O–H groups in total. The second-order valence-corrected chi connectivity index (χ2v) is 4.60. The second-order valence-electron chi connectivity index (χ2n) is 4.24. The molecule has 0 atom stereocenters. The summed E-state index contributed by atoms with van der Waals surface area (Å²) in [5.74, 6) is 0. The zero-order valence-electron chi connectivity index (χ0n) is 8.13. The molecule has 2 aromatic heterocycles. The van der Waals surface area contributed by atoms with E-state index < -0.39 is 0 Å². The molecule has 5 heteroatoms. The summed E-state index contributed by atoms with van der Waals surface area (Å²) in [7, 11) is 0. The highest BCUT2D eigenvalue weighted by molar-refractivity contribution is 6.34. The third-order valence-corrected chi connectivity index (χ3v) is 3.23. The Morgan fingerprint density at radius 2 is 2.27 bits per heavy atom. The van der Waals surface area contributed by atoms with Gasteiger partial charge in [0.1, 0.15) is 17.1 Å². The molecule has 0 spiro atoms. The van der Waals surface area contributed by atoms with E-state index in [1.54, 1.807) is 0 Å². The van der Waals surface area contributed by atoms with Crippen molar-refractivity contribution >= 4 is 22.6 Å². The van der Waals surface area contributed by atoms with Gasteiger partial charge < -0.3 is 10.7 Å². The number of nitrogens with two attached hydrogens (primary N) is 1. The Morgan fingerprint density at radius 1 is 1.47 bits per heavy atom. The van der Waals surface area contributed by atoms with Gasteiger partial charge in [-0.15, -0.1) is 0 Å². The van der Waals surface area contributed by atoms with Gasteiger partial charge in [0.15, 0.2) is 0 Å². The summed E-state index contributed by atoms with van der Waals surface area (Å²) in [5, 5.41) is 1.41. The van der Waals surface area contributed by atoms with Crippen molar-refractivity contribution in [3.05, 3.63) is 23.2 Å². The lowest BCUT2D eigenvalue weighted by Crippen LogP contribution is -2.24. The highest BCUT2D eigenvalue weighted by atomic mass is 35.5. The van der Waals surface area contributed by atoms with E-state index in [4.69, 9.17) is 17.3 Å². The fourth-order valence-electron chi connectivity index (χ4n) is 1.84. The second kappa shape index (κ2) is 2.93. The van der Waals surface area contributed by atoms with Gasteiger partial charge in [-0.05, 0) is 24.8 Å². The summed E-state index contributed by atoms with van der Waals surface area (Å²) in [4.78, 5) is 11.2. The number of halogens is 1. The molecule has 0 amide bonds. The molecule has 2 heterocycles. The van der Waals surface area contributed by atoms with Crippen LogP contribution in [0.15, 0.2) is 12.5 Å². The summed E-state index contributed by atoms with van der Waals surface area (Å²) < 4.78 is 0. The van der Waals surface area contributed by atoms with Gasteiger partial charge in [0.05, 0.1) is 5.39 Å². The quantitative estimate of drug-likeness (QED) is 0.760. The van der Waals surface area contributed by atoms with Crippen molar-refractivity contribution in [2.45, 2.75) is 24.8 Å². The van der Waals surface area contributed by atoms with E-state index in [0.717, 1.165) is 35.9 Å². The minimum atomic E-state index is -0.0195. The van der Waals surface area contributed by atoms with Crippen LogP contribution in [0, 0.1) is 0 Å². The van der Waals surface area contributed by atoms with Gasteiger partial charge in [-0.3, -0.25) is 0 Å². The van der Waals surface area contributed by atoms with Crippen LogP contribution in [0.25, 0.3) is 11.0 Å². The van der Waals surface area contributed by atoms with Gasteiger partial charge in [0.2, 0.25) is 0 Å². The molecule has 1 fully saturated rings. The van der Waals surface area contributed by atoms with E-state index in [0.29, 0.717) is 5.15 Å². The molecule has 1 saturated carbocycles. The highest BCUT2D eigenvalue weighted by Crippen LogP contribution is 2.37. The molecule has 3 rings (SSSR count). The molecular weight excluding hydrogens is 212 g/mol. The molecule has 2 aromatic rings. The van der Waals surface area contributed by atoms with Crippen molar-refractivity contribution in [1.29, 1.82) is 0 Å². The van der Waals surface area contributed by atoms with Crippen molar-refractivity contribution in [3.8, 4) is 0 Å². The zero-order valence-corrected chi connectivity index (χ0v) is 8.88. The van der Waals surface area contributed by atoms with Crippen molar-refractivity contribution < 1.29 is 0 Å². The minimum Gasteiger partial charge on any atom is -0.346 e. The third-order valence-electron chi connectivity index (χ3n) is 2.94. The first-order valence-electron chi connectivity index (χ1n) is 4.93. The molecule has 0 aromatic carbocycles. The number of rotatable bonds is 2. The first-order chi connectivity index (χ1) is 7.18. The molecule has 78 valence electrons. The first-order valence-corrected chi connectivity index (χ1v) is 5.31. The van der Waals surface area contributed by atoms with Crippen molar-refractivity contribution in [3.63, 3.8) is 0 Å². The molecule has 0 bridgehead atoms. The average molecular weight is 223 g/mol. The molecule has 0 radical (unpaired) electrons. The number of nitrogens with one attached hydrogen (secondary N) is 1. The molecule has 4 nitrogen and oxygen atoms in total. The maximum Gasteiger partial charge on any atom is 0.142 e. The fourth-order valence-corrected chi connectivity index (χ4v) is 2.10. The lowest BCUT2D eigenvalue weighted by Gasteiger charge is -2.06. The van der Waals surface area contributed by atoms with E-state index in [1.165, 1.54) is 6.33 Å². The number of H-pyrrole nitrogens is 1.